The van der Waals surface area contributed by atoms with Crippen LogP contribution in [0.4, 0.5) is 11.4 Å². The molecule has 0 saturated heterocycles. The number of nitrogens with zero attached hydrogens (tertiary/aromatic N) is 1. The van der Waals surface area contributed by atoms with E-state index in [1.54, 1.807) is 0 Å². The van der Waals surface area contributed by atoms with E-state index >= 15 is 0 Å². The van der Waals surface area contributed by atoms with Gasteiger partial charge in [-0.25, -0.2) is 0 Å². The summed E-state index contributed by atoms with van der Waals surface area (Å²) in [5.41, 5.74) is 3.83. The van der Waals surface area contributed by atoms with Crippen molar-refractivity contribution in [1.29, 1.82) is 0 Å². The van der Waals surface area contributed by atoms with Crippen molar-refractivity contribution < 1.29 is 0 Å². The molecule has 0 saturated carbocycles. The summed E-state index contributed by atoms with van der Waals surface area (Å²) in [5.74, 6) is 1.10. The van der Waals surface area contributed by atoms with Crippen LogP contribution in [0, 0.1) is 0 Å². The van der Waals surface area contributed by atoms with Crippen molar-refractivity contribution in [3.05, 3.63) is 54.1 Å². The molecule has 0 spiro atoms. The Bertz CT molecular complexity index is 580. The standard InChI is InChI=1S/C16H18N2S/c1-18(2)13-7-5-6-12(10-13)17-15-11-19-16-9-4-3-8-14(15)16/h3-10,15,17H,11H2,1-2H3. The normalized spacial score (nSPS) is 17.1. The highest BCUT2D eigenvalue weighted by Crippen LogP contribution is 2.39. The molecule has 2 aromatic carbocycles. The van der Waals surface area contributed by atoms with Gasteiger partial charge in [0, 0.05) is 36.1 Å². The van der Waals surface area contributed by atoms with Gasteiger partial charge in [-0.3, -0.25) is 0 Å². The second-order valence-electron chi connectivity index (χ2n) is 4.99. The first kappa shape index (κ1) is 12.4. The minimum absolute atomic E-state index is 0.415. The van der Waals surface area contributed by atoms with Gasteiger partial charge < -0.3 is 10.2 Å². The lowest BCUT2D eigenvalue weighted by Gasteiger charge is -2.18. The predicted octanol–water partition coefficient (Wildman–Crippen LogP) is 4.01. The van der Waals surface area contributed by atoms with Crippen molar-refractivity contribution in [2.45, 2.75) is 10.9 Å². The Morgan fingerprint density at radius 3 is 2.79 bits per heavy atom. The van der Waals surface area contributed by atoms with Gasteiger partial charge in [0.05, 0.1) is 6.04 Å². The topological polar surface area (TPSA) is 15.3 Å². The van der Waals surface area contributed by atoms with Crippen LogP contribution < -0.4 is 10.2 Å². The molecule has 0 aromatic heterocycles. The maximum Gasteiger partial charge on any atom is 0.0618 e. The number of nitrogens with one attached hydrogen (secondary N) is 1. The molecule has 1 heterocycles. The minimum atomic E-state index is 0.415. The Labute approximate surface area is 118 Å². The van der Waals surface area contributed by atoms with Crippen molar-refractivity contribution in [3.8, 4) is 0 Å². The van der Waals surface area contributed by atoms with Gasteiger partial charge in [0.1, 0.15) is 0 Å². The van der Waals surface area contributed by atoms with Crippen molar-refractivity contribution >= 4 is 23.1 Å². The van der Waals surface area contributed by atoms with Gasteiger partial charge in [-0.15, -0.1) is 11.8 Å². The van der Waals surface area contributed by atoms with Gasteiger partial charge in [0.2, 0.25) is 0 Å². The minimum Gasteiger partial charge on any atom is -0.378 e. The average Bonchev–Trinajstić information content (AvgIpc) is 2.83. The molecule has 1 aliphatic heterocycles. The van der Waals surface area contributed by atoms with Gasteiger partial charge in [0.15, 0.2) is 0 Å². The van der Waals surface area contributed by atoms with Gasteiger partial charge in [-0.2, -0.15) is 0 Å². The summed E-state index contributed by atoms with van der Waals surface area (Å²) in [5, 5.41) is 3.64. The molecule has 0 amide bonds. The lowest BCUT2D eigenvalue weighted by atomic mass is 10.1. The lowest BCUT2D eigenvalue weighted by Crippen LogP contribution is -2.12. The molecule has 0 aliphatic carbocycles. The maximum absolute atomic E-state index is 3.64. The number of thioether (sulfide) groups is 1. The molecule has 0 bridgehead atoms. The van der Waals surface area contributed by atoms with Crippen LogP contribution in [0.15, 0.2) is 53.4 Å². The molecule has 1 unspecified atom stereocenters. The molecular formula is C16H18N2S. The van der Waals surface area contributed by atoms with Crippen LogP contribution >= 0.6 is 11.8 Å². The van der Waals surface area contributed by atoms with E-state index in [9.17, 15) is 0 Å². The number of rotatable bonds is 3. The number of anilines is 2. The van der Waals surface area contributed by atoms with Crippen LogP contribution in [-0.4, -0.2) is 19.8 Å². The van der Waals surface area contributed by atoms with Crippen molar-refractivity contribution in [1.82, 2.24) is 0 Å². The number of benzene rings is 2. The van der Waals surface area contributed by atoms with E-state index in [4.69, 9.17) is 0 Å². The highest BCUT2D eigenvalue weighted by atomic mass is 32.2. The van der Waals surface area contributed by atoms with E-state index < -0.39 is 0 Å². The van der Waals surface area contributed by atoms with Crippen molar-refractivity contribution in [2.75, 3.05) is 30.1 Å². The monoisotopic (exact) mass is 270 g/mol. The first-order valence-corrected chi connectivity index (χ1v) is 7.48. The van der Waals surface area contributed by atoms with E-state index in [1.165, 1.54) is 21.8 Å². The van der Waals surface area contributed by atoms with Gasteiger partial charge in [-0.1, -0.05) is 24.3 Å². The average molecular weight is 270 g/mol. The highest BCUT2D eigenvalue weighted by molar-refractivity contribution is 7.99. The van der Waals surface area contributed by atoms with Crippen molar-refractivity contribution in [3.63, 3.8) is 0 Å². The lowest BCUT2D eigenvalue weighted by molar-refractivity contribution is 0.900. The molecular weight excluding hydrogens is 252 g/mol. The van der Waals surface area contributed by atoms with Crippen LogP contribution in [0.25, 0.3) is 0 Å². The maximum atomic E-state index is 3.64. The summed E-state index contributed by atoms with van der Waals surface area (Å²) in [6.07, 6.45) is 0. The smallest absolute Gasteiger partial charge is 0.0618 e. The molecule has 0 fully saturated rings. The van der Waals surface area contributed by atoms with Gasteiger partial charge in [-0.05, 0) is 29.8 Å². The third kappa shape index (κ3) is 2.56. The molecule has 19 heavy (non-hydrogen) atoms. The quantitative estimate of drug-likeness (QED) is 0.907. The zero-order valence-corrected chi connectivity index (χ0v) is 12.1. The Kier molecular flexibility index (Phi) is 3.38. The third-order valence-electron chi connectivity index (χ3n) is 3.40. The second kappa shape index (κ2) is 5.17. The van der Waals surface area contributed by atoms with E-state index in [0.717, 1.165) is 5.75 Å². The SMILES string of the molecule is CN(C)c1cccc(NC2CSc3ccccc32)c1. The first-order valence-electron chi connectivity index (χ1n) is 6.50. The summed E-state index contributed by atoms with van der Waals surface area (Å²) in [4.78, 5) is 3.53. The summed E-state index contributed by atoms with van der Waals surface area (Å²) in [6, 6.07) is 17.6. The van der Waals surface area contributed by atoms with E-state index in [1.807, 2.05) is 11.8 Å². The fraction of sp³-hybridized carbons (Fsp3) is 0.250. The first-order chi connectivity index (χ1) is 9.24. The van der Waals surface area contributed by atoms with Crippen LogP contribution in [-0.2, 0) is 0 Å². The molecule has 2 aromatic rings. The van der Waals surface area contributed by atoms with E-state index in [2.05, 4.69) is 72.8 Å². The summed E-state index contributed by atoms with van der Waals surface area (Å²) in [7, 11) is 4.14. The molecule has 2 nitrogen and oxygen atoms in total. The second-order valence-corrected chi connectivity index (χ2v) is 6.05. The van der Waals surface area contributed by atoms with Crippen LogP contribution in [0.2, 0.25) is 0 Å². The van der Waals surface area contributed by atoms with E-state index in [-0.39, 0.29) is 0 Å². The molecule has 1 aliphatic rings. The Hall–Kier alpha value is -1.61. The largest absolute Gasteiger partial charge is 0.378 e. The molecule has 3 heteroatoms. The molecule has 1 atom stereocenters. The summed E-state index contributed by atoms with van der Waals surface area (Å²) < 4.78 is 0. The number of hydrogen-bond acceptors (Lipinski definition) is 3. The van der Waals surface area contributed by atoms with Crippen LogP contribution in [0.3, 0.4) is 0 Å². The predicted molar refractivity (Wildman–Crippen MR) is 84.3 cm³/mol. The van der Waals surface area contributed by atoms with E-state index in [0.29, 0.717) is 6.04 Å². The van der Waals surface area contributed by atoms with Crippen LogP contribution in [0.1, 0.15) is 11.6 Å². The Morgan fingerprint density at radius 2 is 1.95 bits per heavy atom. The molecule has 98 valence electrons. The summed E-state index contributed by atoms with van der Waals surface area (Å²) >= 11 is 1.93. The fourth-order valence-corrected chi connectivity index (χ4v) is 3.52. The highest BCUT2D eigenvalue weighted by Gasteiger charge is 2.22. The molecule has 1 N–H and O–H groups in total. The van der Waals surface area contributed by atoms with Gasteiger partial charge in [0.25, 0.3) is 0 Å². The Morgan fingerprint density at radius 1 is 1.11 bits per heavy atom. The number of fused-ring (bicyclic) bond motifs is 1. The van der Waals surface area contributed by atoms with Crippen molar-refractivity contribution in [2.24, 2.45) is 0 Å². The Balaban J connectivity index is 1.81. The number of hydrogen-bond donors (Lipinski definition) is 1. The zero-order chi connectivity index (χ0) is 13.2. The fourth-order valence-electron chi connectivity index (χ4n) is 2.36. The van der Waals surface area contributed by atoms with Gasteiger partial charge >= 0.3 is 0 Å². The molecule has 0 radical (unpaired) electrons. The molecule has 3 rings (SSSR count). The third-order valence-corrected chi connectivity index (χ3v) is 4.59. The van der Waals surface area contributed by atoms with Crippen LogP contribution in [0.5, 0.6) is 0 Å². The zero-order valence-electron chi connectivity index (χ0n) is 11.3. The summed E-state index contributed by atoms with van der Waals surface area (Å²) in [6.45, 7) is 0.